The largest absolute Gasteiger partial charge is 0.349 e. The molecule has 5 heteroatoms. The Morgan fingerprint density at radius 1 is 1.22 bits per heavy atom. The highest BCUT2D eigenvalue weighted by Gasteiger charge is 2.15. The van der Waals surface area contributed by atoms with Crippen LogP contribution >= 0.6 is 0 Å². The van der Waals surface area contributed by atoms with Crippen LogP contribution < -0.4 is 16.6 Å². The third-order valence-electron chi connectivity index (χ3n) is 3.36. The van der Waals surface area contributed by atoms with Crippen LogP contribution in [0.4, 0.5) is 5.82 Å². The predicted molar refractivity (Wildman–Crippen MR) is 71.0 cm³/mol. The summed E-state index contributed by atoms with van der Waals surface area (Å²) in [6.07, 6.45) is 8.69. The van der Waals surface area contributed by atoms with Crippen molar-refractivity contribution in [3.05, 3.63) is 23.9 Å². The molecule has 1 saturated carbocycles. The summed E-state index contributed by atoms with van der Waals surface area (Å²) in [7, 11) is 0. The van der Waals surface area contributed by atoms with E-state index in [9.17, 15) is 4.79 Å². The van der Waals surface area contributed by atoms with Crippen molar-refractivity contribution in [2.75, 3.05) is 5.43 Å². The molecule has 0 spiro atoms. The quantitative estimate of drug-likeness (QED) is 0.433. The molecule has 18 heavy (non-hydrogen) atoms. The fraction of sp³-hybridized carbons (Fsp3) is 0.538. The van der Waals surface area contributed by atoms with E-state index < -0.39 is 0 Å². The Morgan fingerprint density at radius 3 is 2.50 bits per heavy atom. The summed E-state index contributed by atoms with van der Waals surface area (Å²) in [6.45, 7) is 0. The van der Waals surface area contributed by atoms with Crippen LogP contribution in [0.25, 0.3) is 0 Å². The van der Waals surface area contributed by atoms with Crippen molar-refractivity contribution in [1.82, 2.24) is 10.3 Å². The number of hydrogen-bond acceptors (Lipinski definition) is 4. The van der Waals surface area contributed by atoms with Crippen molar-refractivity contribution in [2.45, 2.75) is 44.6 Å². The Morgan fingerprint density at radius 2 is 1.94 bits per heavy atom. The number of hydrogen-bond donors (Lipinski definition) is 3. The molecule has 4 N–H and O–H groups in total. The average Bonchev–Trinajstić information content (AvgIpc) is 2.67. The maximum atomic E-state index is 12.0. The van der Waals surface area contributed by atoms with E-state index in [2.05, 4.69) is 15.7 Å². The summed E-state index contributed by atoms with van der Waals surface area (Å²) < 4.78 is 0. The standard InChI is InChI=1S/C13H20N4O/c14-17-12-8-7-10(9-15-12)13(18)16-11-5-3-1-2-4-6-11/h7-9,11H,1-6,14H2,(H,15,17)(H,16,18). The third kappa shape index (κ3) is 3.43. The number of nitrogens with zero attached hydrogens (tertiary/aromatic N) is 1. The fourth-order valence-electron chi connectivity index (χ4n) is 2.31. The van der Waals surface area contributed by atoms with Gasteiger partial charge in [0.15, 0.2) is 0 Å². The Hall–Kier alpha value is -1.62. The first-order valence-electron chi connectivity index (χ1n) is 6.53. The minimum Gasteiger partial charge on any atom is -0.349 e. The van der Waals surface area contributed by atoms with Gasteiger partial charge in [0, 0.05) is 12.2 Å². The van der Waals surface area contributed by atoms with Crippen molar-refractivity contribution in [3.63, 3.8) is 0 Å². The number of anilines is 1. The number of nitrogens with one attached hydrogen (secondary N) is 2. The smallest absolute Gasteiger partial charge is 0.253 e. The molecule has 1 aliphatic rings. The molecule has 0 aliphatic heterocycles. The summed E-state index contributed by atoms with van der Waals surface area (Å²) in [5.41, 5.74) is 3.02. The van der Waals surface area contributed by atoms with E-state index in [0.29, 0.717) is 17.4 Å². The Balaban J connectivity index is 1.93. The molecule has 1 fully saturated rings. The first kappa shape index (κ1) is 12.8. The van der Waals surface area contributed by atoms with Crippen LogP contribution in [0.3, 0.4) is 0 Å². The predicted octanol–water partition coefficient (Wildman–Crippen LogP) is 1.82. The summed E-state index contributed by atoms with van der Waals surface area (Å²) >= 11 is 0. The maximum absolute atomic E-state index is 12.0. The molecule has 5 nitrogen and oxygen atoms in total. The van der Waals surface area contributed by atoms with Gasteiger partial charge in [-0.15, -0.1) is 0 Å². The minimum atomic E-state index is -0.0435. The molecule has 0 atom stereocenters. The monoisotopic (exact) mass is 248 g/mol. The van der Waals surface area contributed by atoms with Gasteiger partial charge in [0.25, 0.3) is 5.91 Å². The highest BCUT2D eigenvalue weighted by molar-refractivity contribution is 5.94. The molecular weight excluding hydrogens is 228 g/mol. The first-order valence-corrected chi connectivity index (χ1v) is 6.53. The van der Waals surface area contributed by atoms with Crippen LogP contribution in [0.5, 0.6) is 0 Å². The van der Waals surface area contributed by atoms with Gasteiger partial charge in [-0.2, -0.15) is 0 Å². The lowest BCUT2D eigenvalue weighted by Crippen LogP contribution is -2.34. The summed E-state index contributed by atoms with van der Waals surface area (Å²) in [4.78, 5) is 16.1. The molecule has 1 amide bonds. The van der Waals surface area contributed by atoms with Gasteiger partial charge in [-0.05, 0) is 25.0 Å². The molecule has 2 rings (SSSR count). The molecule has 0 bridgehead atoms. The zero-order chi connectivity index (χ0) is 12.8. The van der Waals surface area contributed by atoms with Crippen molar-refractivity contribution >= 4 is 11.7 Å². The number of aromatic nitrogens is 1. The minimum absolute atomic E-state index is 0.0435. The highest BCUT2D eigenvalue weighted by Crippen LogP contribution is 2.17. The summed E-state index contributed by atoms with van der Waals surface area (Å²) in [5, 5.41) is 3.08. The first-order chi connectivity index (χ1) is 8.79. The van der Waals surface area contributed by atoms with E-state index >= 15 is 0 Å². The van der Waals surface area contributed by atoms with Gasteiger partial charge in [-0.3, -0.25) is 4.79 Å². The molecule has 0 saturated heterocycles. The molecule has 0 aromatic carbocycles. The second-order valence-electron chi connectivity index (χ2n) is 4.74. The number of nitrogens with two attached hydrogens (primary N) is 1. The molecule has 1 aromatic heterocycles. The third-order valence-corrected chi connectivity index (χ3v) is 3.36. The number of amides is 1. The van der Waals surface area contributed by atoms with Gasteiger partial charge < -0.3 is 10.7 Å². The van der Waals surface area contributed by atoms with Crippen molar-refractivity contribution in [2.24, 2.45) is 5.84 Å². The van der Waals surface area contributed by atoms with Crippen molar-refractivity contribution < 1.29 is 4.79 Å². The number of pyridine rings is 1. The van der Waals surface area contributed by atoms with Crippen LogP contribution in [0.15, 0.2) is 18.3 Å². The molecule has 1 aliphatic carbocycles. The van der Waals surface area contributed by atoms with Crippen LogP contribution in [-0.2, 0) is 0 Å². The van der Waals surface area contributed by atoms with E-state index in [4.69, 9.17) is 5.84 Å². The number of carbonyl (C=O) groups excluding carboxylic acids is 1. The Kier molecular flexibility index (Phi) is 4.52. The van der Waals surface area contributed by atoms with Gasteiger partial charge in [0.2, 0.25) is 0 Å². The Bertz CT molecular complexity index is 382. The van der Waals surface area contributed by atoms with Crippen LogP contribution in [0, 0.1) is 0 Å². The highest BCUT2D eigenvalue weighted by atomic mass is 16.1. The molecule has 1 heterocycles. The second-order valence-corrected chi connectivity index (χ2v) is 4.74. The van der Waals surface area contributed by atoms with Gasteiger partial charge in [-0.1, -0.05) is 25.7 Å². The van der Waals surface area contributed by atoms with Crippen LogP contribution in [0.1, 0.15) is 48.9 Å². The number of hydrazine groups is 1. The molecule has 98 valence electrons. The SMILES string of the molecule is NNc1ccc(C(=O)NC2CCCCCC2)cn1. The lowest BCUT2D eigenvalue weighted by Gasteiger charge is -2.16. The molecular formula is C13H20N4O. The zero-order valence-electron chi connectivity index (χ0n) is 10.5. The van der Waals surface area contributed by atoms with Crippen LogP contribution in [0.2, 0.25) is 0 Å². The fourth-order valence-corrected chi connectivity index (χ4v) is 2.31. The van der Waals surface area contributed by atoms with Crippen LogP contribution in [-0.4, -0.2) is 16.9 Å². The van der Waals surface area contributed by atoms with Gasteiger partial charge in [0.1, 0.15) is 5.82 Å². The zero-order valence-corrected chi connectivity index (χ0v) is 10.5. The van der Waals surface area contributed by atoms with E-state index in [1.807, 2.05) is 0 Å². The maximum Gasteiger partial charge on any atom is 0.253 e. The van der Waals surface area contributed by atoms with Gasteiger partial charge in [0.05, 0.1) is 5.56 Å². The molecule has 0 unspecified atom stereocenters. The topological polar surface area (TPSA) is 80.0 Å². The van der Waals surface area contributed by atoms with E-state index in [1.165, 1.54) is 25.7 Å². The summed E-state index contributed by atoms with van der Waals surface area (Å²) in [6, 6.07) is 3.74. The Labute approximate surface area is 107 Å². The second kappa shape index (κ2) is 6.35. The normalized spacial score (nSPS) is 16.9. The van der Waals surface area contributed by atoms with Crippen molar-refractivity contribution in [3.8, 4) is 0 Å². The number of carbonyl (C=O) groups is 1. The average molecular weight is 248 g/mol. The number of nitrogen functional groups attached to an aromatic ring is 1. The lowest BCUT2D eigenvalue weighted by molar-refractivity contribution is 0.0933. The molecule has 0 radical (unpaired) electrons. The van der Waals surface area contributed by atoms with Gasteiger partial charge in [-0.25, -0.2) is 10.8 Å². The molecule has 1 aromatic rings. The van der Waals surface area contributed by atoms with E-state index in [-0.39, 0.29) is 5.91 Å². The van der Waals surface area contributed by atoms with Crippen molar-refractivity contribution in [1.29, 1.82) is 0 Å². The summed E-state index contributed by atoms with van der Waals surface area (Å²) in [5.74, 6) is 5.74. The van der Waals surface area contributed by atoms with E-state index in [1.54, 1.807) is 18.3 Å². The lowest BCUT2D eigenvalue weighted by atomic mass is 10.1. The van der Waals surface area contributed by atoms with Gasteiger partial charge >= 0.3 is 0 Å². The van der Waals surface area contributed by atoms with E-state index in [0.717, 1.165) is 12.8 Å². The number of rotatable bonds is 3.